The van der Waals surface area contributed by atoms with Crippen molar-refractivity contribution in [2.75, 3.05) is 5.73 Å². The number of hydrogen-bond acceptors (Lipinski definition) is 3. The van der Waals surface area contributed by atoms with Crippen molar-refractivity contribution in [3.63, 3.8) is 0 Å². The van der Waals surface area contributed by atoms with E-state index >= 15 is 0 Å². The first kappa shape index (κ1) is 11.1. The van der Waals surface area contributed by atoms with Crippen molar-refractivity contribution in [3.05, 3.63) is 66.0 Å². The second kappa shape index (κ2) is 5.07. The number of anilines is 1. The van der Waals surface area contributed by atoms with Gasteiger partial charge in [-0.1, -0.05) is 18.2 Å². The molecule has 0 radical (unpaired) electrons. The fraction of sp³-hybridized carbons (Fsp3) is 0. The Bertz CT molecular complexity index is 547. The predicted molar refractivity (Wildman–Crippen MR) is 68.5 cm³/mol. The third kappa shape index (κ3) is 3.01. The Balaban J connectivity index is 2.15. The Kier molecular flexibility index (Phi) is 3.31. The molecule has 17 heavy (non-hydrogen) atoms. The molecule has 3 heteroatoms. The van der Waals surface area contributed by atoms with Gasteiger partial charge in [0.25, 0.3) is 0 Å². The molecule has 0 saturated heterocycles. The quantitative estimate of drug-likeness (QED) is 0.495. The van der Waals surface area contributed by atoms with E-state index in [1.165, 1.54) is 6.08 Å². The zero-order valence-electron chi connectivity index (χ0n) is 9.21. The third-order valence-electron chi connectivity index (χ3n) is 2.30. The number of hydrogen-bond donors (Lipinski definition) is 1. The third-order valence-corrected chi connectivity index (χ3v) is 2.30. The fourth-order valence-electron chi connectivity index (χ4n) is 1.43. The van der Waals surface area contributed by atoms with Crippen molar-refractivity contribution in [1.29, 1.82) is 0 Å². The normalized spacial score (nSPS) is 10.6. The minimum atomic E-state index is -0.0610. The van der Waals surface area contributed by atoms with Crippen molar-refractivity contribution in [1.82, 2.24) is 4.98 Å². The molecule has 0 amide bonds. The molecule has 0 saturated carbocycles. The van der Waals surface area contributed by atoms with Crippen LogP contribution in [0.2, 0.25) is 0 Å². The summed E-state index contributed by atoms with van der Waals surface area (Å²) in [7, 11) is 0. The number of nitrogens with two attached hydrogens (primary N) is 1. The molecule has 0 unspecified atom stereocenters. The van der Waals surface area contributed by atoms with E-state index in [9.17, 15) is 4.79 Å². The minimum Gasteiger partial charge on any atom is -0.399 e. The van der Waals surface area contributed by atoms with E-state index < -0.39 is 0 Å². The van der Waals surface area contributed by atoms with Gasteiger partial charge in [-0.3, -0.25) is 9.78 Å². The van der Waals surface area contributed by atoms with E-state index in [-0.39, 0.29) is 5.78 Å². The number of benzene rings is 1. The lowest BCUT2D eigenvalue weighted by molar-refractivity contribution is 0.104. The summed E-state index contributed by atoms with van der Waals surface area (Å²) in [5.74, 6) is -0.0610. The smallest absolute Gasteiger partial charge is 0.185 e. The molecule has 2 rings (SSSR count). The molecular formula is C14H12N2O. The van der Waals surface area contributed by atoms with Gasteiger partial charge in [0, 0.05) is 23.6 Å². The first-order valence-corrected chi connectivity index (χ1v) is 5.24. The van der Waals surface area contributed by atoms with E-state index in [1.807, 2.05) is 12.1 Å². The molecule has 1 aromatic heterocycles. The topological polar surface area (TPSA) is 56.0 Å². The van der Waals surface area contributed by atoms with Crippen molar-refractivity contribution in [2.24, 2.45) is 0 Å². The van der Waals surface area contributed by atoms with Crippen molar-refractivity contribution >= 4 is 17.5 Å². The maximum Gasteiger partial charge on any atom is 0.185 e. The van der Waals surface area contributed by atoms with Crippen LogP contribution in [0.1, 0.15) is 15.9 Å². The lowest BCUT2D eigenvalue weighted by atomic mass is 10.1. The highest BCUT2D eigenvalue weighted by Crippen LogP contribution is 2.09. The highest BCUT2D eigenvalue weighted by molar-refractivity contribution is 6.07. The highest BCUT2D eigenvalue weighted by Gasteiger charge is 2.00. The zero-order valence-corrected chi connectivity index (χ0v) is 9.21. The molecular weight excluding hydrogens is 212 g/mol. The van der Waals surface area contributed by atoms with Crippen LogP contribution in [-0.2, 0) is 0 Å². The maximum absolute atomic E-state index is 11.8. The van der Waals surface area contributed by atoms with E-state index in [0.29, 0.717) is 11.3 Å². The number of aromatic nitrogens is 1. The lowest BCUT2D eigenvalue weighted by Crippen LogP contribution is -1.95. The van der Waals surface area contributed by atoms with Crippen LogP contribution in [0.3, 0.4) is 0 Å². The van der Waals surface area contributed by atoms with Gasteiger partial charge in [0.2, 0.25) is 0 Å². The van der Waals surface area contributed by atoms with Crippen LogP contribution in [0.25, 0.3) is 6.08 Å². The standard InChI is InChI=1S/C14H12N2O/c15-13-3-1-2-12(10-13)14(17)5-4-11-6-8-16-9-7-11/h1-10H,15H2/b5-4+. The number of pyridine rings is 1. The summed E-state index contributed by atoms with van der Waals surface area (Å²) in [5, 5.41) is 0. The molecule has 1 heterocycles. The Hall–Kier alpha value is -2.42. The first-order valence-electron chi connectivity index (χ1n) is 5.24. The molecule has 84 valence electrons. The van der Waals surface area contributed by atoms with Gasteiger partial charge in [0.1, 0.15) is 0 Å². The van der Waals surface area contributed by atoms with E-state index in [0.717, 1.165) is 5.56 Å². The van der Waals surface area contributed by atoms with Crippen molar-refractivity contribution in [2.45, 2.75) is 0 Å². The summed E-state index contributed by atoms with van der Waals surface area (Å²) in [6, 6.07) is 10.6. The number of carbonyl (C=O) groups excluding carboxylic acids is 1. The predicted octanol–water partition coefficient (Wildman–Crippen LogP) is 2.56. The average Bonchev–Trinajstić information content (AvgIpc) is 2.37. The number of nitrogens with zero attached hydrogens (tertiary/aromatic N) is 1. The van der Waals surface area contributed by atoms with Gasteiger partial charge in [0.05, 0.1) is 0 Å². The molecule has 0 bridgehead atoms. The van der Waals surface area contributed by atoms with Crippen LogP contribution in [0.15, 0.2) is 54.9 Å². The van der Waals surface area contributed by atoms with Gasteiger partial charge in [-0.25, -0.2) is 0 Å². The largest absolute Gasteiger partial charge is 0.399 e. The summed E-state index contributed by atoms with van der Waals surface area (Å²) in [5.41, 5.74) is 7.74. The van der Waals surface area contributed by atoms with Crippen molar-refractivity contribution in [3.8, 4) is 0 Å². The fourth-order valence-corrected chi connectivity index (χ4v) is 1.43. The molecule has 0 fully saturated rings. The first-order chi connectivity index (χ1) is 8.25. The van der Waals surface area contributed by atoms with Crippen LogP contribution in [0, 0.1) is 0 Å². The van der Waals surface area contributed by atoms with Gasteiger partial charge in [0.15, 0.2) is 5.78 Å². The summed E-state index contributed by atoms with van der Waals surface area (Å²) in [6.45, 7) is 0. The second-order valence-electron chi connectivity index (χ2n) is 3.60. The molecule has 2 N–H and O–H groups in total. The number of nitrogen functional groups attached to an aromatic ring is 1. The number of carbonyl (C=O) groups is 1. The Morgan fingerprint density at radius 1 is 1.18 bits per heavy atom. The summed E-state index contributed by atoms with van der Waals surface area (Å²) in [4.78, 5) is 15.7. The maximum atomic E-state index is 11.8. The number of allylic oxidation sites excluding steroid dienone is 1. The molecule has 0 spiro atoms. The van der Waals surface area contributed by atoms with Crippen LogP contribution in [-0.4, -0.2) is 10.8 Å². The monoisotopic (exact) mass is 224 g/mol. The lowest BCUT2D eigenvalue weighted by Gasteiger charge is -1.97. The molecule has 0 aliphatic rings. The molecule has 0 aliphatic heterocycles. The van der Waals surface area contributed by atoms with Crippen LogP contribution < -0.4 is 5.73 Å². The highest BCUT2D eigenvalue weighted by atomic mass is 16.1. The Labute approximate surface area is 99.6 Å². The molecule has 0 atom stereocenters. The van der Waals surface area contributed by atoms with Gasteiger partial charge in [-0.2, -0.15) is 0 Å². The summed E-state index contributed by atoms with van der Waals surface area (Å²) >= 11 is 0. The Morgan fingerprint density at radius 3 is 2.65 bits per heavy atom. The Morgan fingerprint density at radius 2 is 1.94 bits per heavy atom. The molecule has 3 nitrogen and oxygen atoms in total. The molecule has 1 aromatic carbocycles. The SMILES string of the molecule is Nc1cccc(C(=O)/C=C/c2ccncc2)c1. The number of rotatable bonds is 3. The minimum absolute atomic E-state index is 0.0610. The van der Waals surface area contributed by atoms with Gasteiger partial charge >= 0.3 is 0 Å². The summed E-state index contributed by atoms with van der Waals surface area (Å²) in [6.07, 6.45) is 6.66. The van der Waals surface area contributed by atoms with Gasteiger partial charge in [-0.05, 0) is 35.9 Å². The average molecular weight is 224 g/mol. The van der Waals surface area contributed by atoms with Crippen LogP contribution in [0.5, 0.6) is 0 Å². The van der Waals surface area contributed by atoms with E-state index in [2.05, 4.69) is 4.98 Å². The number of ketones is 1. The van der Waals surface area contributed by atoms with E-state index in [4.69, 9.17) is 5.73 Å². The molecule has 0 aliphatic carbocycles. The zero-order chi connectivity index (χ0) is 12.1. The van der Waals surface area contributed by atoms with Gasteiger partial charge < -0.3 is 5.73 Å². The van der Waals surface area contributed by atoms with E-state index in [1.54, 1.807) is 42.7 Å². The summed E-state index contributed by atoms with van der Waals surface area (Å²) < 4.78 is 0. The van der Waals surface area contributed by atoms with Crippen LogP contribution >= 0.6 is 0 Å². The van der Waals surface area contributed by atoms with Gasteiger partial charge in [-0.15, -0.1) is 0 Å². The van der Waals surface area contributed by atoms with Crippen LogP contribution in [0.4, 0.5) is 5.69 Å². The van der Waals surface area contributed by atoms with Crippen molar-refractivity contribution < 1.29 is 4.79 Å². The second-order valence-corrected chi connectivity index (χ2v) is 3.60. The molecule has 2 aromatic rings.